The second kappa shape index (κ2) is 11.0. The summed E-state index contributed by atoms with van der Waals surface area (Å²) in [7, 11) is 0. The molecule has 2 heterocycles. The minimum absolute atomic E-state index is 0.110. The van der Waals surface area contributed by atoms with Crippen molar-refractivity contribution in [1.82, 2.24) is 19.5 Å². The van der Waals surface area contributed by atoms with Crippen molar-refractivity contribution in [2.75, 3.05) is 0 Å². The molecular formula is C45H38N4. The molecule has 2 aromatic heterocycles. The van der Waals surface area contributed by atoms with E-state index < -0.39 is 0 Å². The van der Waals surface area contributed by atoms with Gasteiger partial charge in [0.1, 0.15) is 0 Å². The predicted octanol–water partition coefficient (Wildman–Crippen LogP) is 11.5. The highest BCUT2D eigenvalue weighted by Gasteiger charge is 2.37. The molecule has 1 aliphatic carbocycles. The van der Waals surface area contributed by atoms with Crippen LogP contribution in [0, 0.1) is 0 Å². The van der Waals surface area contributed by atoms with Crippen LogP contribution in [0.3, 0.4) is 0 Å². The first-order valence-corrected chi connectivity index (χ1v) is 17.3. The Kier molecular flexibility index (Phi) is 6.61. The first-order valence-electron chi connectivity index (χ1n) is 17.3. The normalized spacial score (nSPS) is 15.1. The number of aromatic nitrogens is 4. The Morgan fingerprint density at radius 1 is 0.469 bits per heavy atom. The molecule has 0 atom stereocenters. The lowest BCUT2D eigenvalue weighted by Crippen LogP contribution is -2.33. The lowest BCUT2D eigenvalue weighted by Gasteiger charge is -2.42. The molecule has 4 heteroatoms. The number of nitrogens with zero attached hydrogens (tertiary/aromatic N) is 4. The van der Waals surface area contributed by atoms with Crippen molar-refractivity contribution >= 4 is 32.6 Å². The van der Waals surface area contributed by atoms with E-state index in [4.69, 9.17) is 15.0 Å². The molecule has 0 amide bonds. The molecule has 0 aliphatic heterocycles. The average Bonchev–Trinajstić information content (AvgIpc) is 3.47. The summed E-state index contributed by atoms with van der Waals surface area (Å²) in [4.78, 5) is 15.3. The highest BCUT2D eigenvalue weighted by atomic mass is 15.0. The van der Waals surface area contributed by atoms with Crippen molar-refractivity contribution in [3.63, 3.8) is 0 Å². The van der Waals surface area contributed by atoms with E-state index >= 15 is 0 Å². The molecule has 0 bridgehead atoms. The fourth-order valence-corrected chi connectivity index (χ4v) is 7.85. The fourth-order valence-electron chi connectivity index (χ4n) is 7.85. The SMILES string of the molecule is CC1(C)CCC(C)(C)c2cc3c(cc21)c1ccccc1n3-c1cccc(-c2nc(-c3ccccc3)nc(-c3cccc4ccccc34)n2)c1. The van der Waals surface area contributed by atoms with Gasteiger partial charge in [-0.05, 0) is 75.9 Å². The molecule has 0 saturated carbocycles. The number of rotatable bonds is 4. The second-order valence-corrected chi connectivity index (χ2v) is 14.8. The van der Waals surface area contributed by atoms with E-state index in [0.717, 1.165) is 33.2 Å². The lowest BCUT2D eigenvalue weighted by molar-refractivity contribution is 0.332. The van der Waals surface area contributed by atoms with E-state index in [1.54, 1.807) is 0 Å². The first kappa shape index (κ1) is 29.5. The Balaban J connectivity index is 1.27. The van der Waals surface area contributed by atoms with Gasteiger partial charge in [0.15, 0.2) is 17.5 Å². The summed E-state index contributed by atoms with van der Waals surface area (Å²) in [6, 6.07) is 47.4. The van der Waals surface area contributed by atoms with Crippen LogP contribution >= 0.6 is 0 Å². The van der Waals surface area contributed by atoms with Crippen LogP contribution in [-0.4, -0.2) is 19.5 Å². The van der Waals surface area contributed by atoms with Crippen molar-refractivity contribution < 1.29 is 0 Å². The van der Waals surface area contributed by atoms with Crippen molar-refractivity contribution in [2.45, 2.75) is 51.4 Å². The van der Waals surface area contributed by atoms with Gasteiger partial charge in [-0.2, -0.15) is 0 Å². The molecular weight excluding hydrogens is 597 g/mol. The highest BCUT2D eigenvalue weighted by Crippen LogP contribution is 2.48. The monoisotopic (exact) mass is 634 g/mol. The summed E-state index contributed by atoms with van der Waals surface area (Å²) in [5.41, 5.74) is 9.61. The van der Waals surface area contributed by atoms with Gasteiger partial charge in [-0.1, -0.05) is 131 Å². The molecule has 0 radical (unpaired) electrons. The summed E-state index contributed by atoms with van der Waals surface area (Å²) >= 11 is 0. The van der Waals surface area contributed by atoms with Crippen LogP contribution in [0.1, 0.15) is 51.7 Å². The Hall–Kier alpha value is -5.61. The minimum Gasteiger partial charge on any atom is -0.309 e. The van der Waals surface area contributed by atoms with E-state index in [0.29, 0.717) is 17.5 Å². The zero-order valence-electron chi connectivity index (χ0n) is 28.4. The van der Waals surface area contributed by atoms with E-state index in [-0.39, 0.29) is 10.8 Å². The Labute approximate surface area is 287 Å². The summed E-state index contributed by atoms with van der Waals surface area (Å²) in [6.07, 6.45) is 2.37. The van der Waals surface area contributed by atoms with Gasteiger partial charge in [-0.3, -0.25) is 0 Å². The van der Waals surface area contributed by atoms with E-state index in [1.807, 2.05) is 18.2 Å². The van der Waals surface area contributed by atoms with Gasteiger partial charge in [0.05, 0.1) is 11.0 Å². The largest absolute Gasteiger partial charge is 0.309 e. The quantitative estimate of drug-likeness (QED) is 0.193. The molecule has 1 aliphatic rings. The van der Waals surface area contributed by atoms with Gasteiger partial charge in [-0.15, -0.1) is 0 Å². The summed E-state index contributed by atoms with van der Waals surface area (Å²) in [6.45, 7) is 9.61. The molecule has 9 rings (SSSR count). The number of para-hydroxylation sites is 1. The second-order valence-electron chi connectivity index (χ2n) is 14.8. The third-order valence-electron chi connectivity index (χ3n) is 10.7. The maximum atomic E-state index is 5.16. The molecule has 4 nitrogen and oxygen atoms in total. The Morgan fingerprint density at radius 3 is 1.86 bits per heavy atom. The van der Waals surface area contributed by atoms with Gasteiger partial charge >= 0.3 is 0 Å². The first-order chi connectivity index (χ1) is 23.8. The fraction of sp³-hybridized carbons (Fsp3) is 0.178. The maximum absolute atomic E-state index is 5.16. The average molecular weight is 635 g/mol. The molecule has 0 fully saturated rings. The van der Waals surface area contributed by atoms with Gasteiger partial charge < -0.3 is 4.57 Å². The summed E-state index contributed by atoms with van der Waals surface area (Å²) in [5.74, 6) is 1.98. The van der Waals surface area contributed by atoms with Crippen LogP contribution in [0.15, 0.2) is 133 Å². The smallest absolute Gasteiger partial charge is 0.164 e. The van der Waals surface area contributed by atoms with Crippen molar-refractivity contribution in [1.29, 1.82) is 0 Å². The van der Waals surface area contributed by atoms with Gasteiger partial charge in [-0.25, -0.2) is 15.0 Å². The zero-order chi connectivity index (χ0) is 33.3. The topological polar surface area (TPSA) is 43.6 Å². The van der Waals surface area contributed by atoms with E-state index in [1.165, 1.54) is 45.8 Å². The molecule has 8 aromatic rings. The molecule has 0 saturated heterocycles. The third-order valence-corrected chi connectivity index (χ3v) is 10.7. The van der Waals surface area contributed by atoms with Gasteiger partial charge in [0, 0.05) is 33.2 Å². The van der Waals surface area contributed by atoms with Crippen LogP contribution in [0.25, 0.3) is 72.4 Å². The standard InChI is InChI=1S/C45H38N4/c1-44(2)24-25-45(3,4)38-28-40-36(27-37(38)44)34-21-10-11-23-39(34)49(40)32-19-12-18-31(26-32)42-46-41(30-15-6-5-7-16-30)47-43(48-42)35-22-13-17-29-14-8-9-20-33(29)35/h5-23,26-28H,24-25H2,1-4H3. The van der Waals surface area contributed by atoms with Gasteiger partial charge in [0.25, 0.3) is 0 Å². The van der Waals surface area contributed by atoms with E-state index in [9.17, 15) is 0 Å². The van der Waals surface area contributed by atoms with E-state index in [2.05, 4.69) is 148 Å². The van der Waals surface area contributed by atoms with Crippen LogP contribution in [-0.2, 0) is 10.8 Å². The number of benzene rings is 6. The third kappa shape index (κ3) is 4.85. The summed E-state index contributed by atoms with van der Waals surface area (Å²) in [5, 5.41) is 4.85. The van der Waals surface area contributed by atoms with Gasteiger partial charge in [0.2, 0.25) is 0 Å². The van der Waals surface area contributed by atoms with Crippen LogP contribution in [0.2, 0.25) is 0 Å². The zero-order valence-corrected chi connectivity index (χ0v) is 28.4. The maximum Gasteiger partial charge on any atom is 0.164 e. The lowest BCUT2D eigenvalue weighted by atomic mass is 9.63. The molecule has 0 N–H and O–H groups in total. The Bertz CT molecular complexity index is 2550. The predicted molar refractivity (Wildman–Crippen MR) is 203 cm³/mol. The molecule has 238 valence electrons. The van der Waals surface area contributed by atoms with Crippen LogP contribution < -0.4 is 0 Å². The van der Waals surface area contributed by atoms with Crippen molar-refractivity contribution in [2.24, 2.45) is 0 Å². The van der Waals surface area contributed by atoms with Crippen molar-refractivity contribution in [3.8, 4) is 39.9 Å². The molecule has 0 spiro atoms. The molecule has 49 heavy (non-hydrogen) atoms. The highest BCUT2D eigenvalue weighted by molar-refractivity contribution is 6.10. The number of hydrogen-bond donors (Lipinski definition) is 0. The Morgan fingerprint density at radius 2 is 1.06 bits per heavy atom. The van der Waals surface area contributed by atoms with Crippen LogP contribution in [0.4, 0.5) is 0 Å². The number of hydrogen-bond acceptors (Lipinski definition) is 3. The molecule has 0 unspecified atom stereocenters. The summed E-state index contributed by atoms with van der Waals surface area (Å²) < 4.78 is 2.43. The minimum atomic E-state index is 0.110. The number of fused-ring (bicyclic) bond motifs is 5. The van der Waals surface area contributed by atoms with Crippen LogP contribution in [0.5, 0.6) is 0 Å². The molecule has 6 aromatic carbocycles. The van der Waals surface area contributed by atoms with Crippen molar-refractivity contribution in [3.05, 3.63) is 145 Å².